The molecule has 0 aliphatic carbocycles. The second-order valence-corrected chi connectivity index (χ2v) is 10.7. The van der Waals surface area contributed by atoms with Crippen LogP contribution in [0.15, 0.2) is 96.7 Å². The molecule has 1 unspecified atom stereocenters. The molecule has 2 aliphatic rings. The van der Waals surface area contributed by atoms with Crippen LogP contribution in [0.5, 0.6) is 0 Å². The van der Waals surface area contributed by atoms with Crippen molar-refractivity contribution in [1.29, 1.82) is 0 Å². The van der Waals surface area contributed by atoms with Crippen LogP contribution in [0, 0.1) is 0 Å². The number of rotatable bonds is 6. The summed E-state index contributed by atoms with van der Waals surface area (Å²) in [4.78, 5) is 28.2. The molecule has 1 fully saturated rings. The Balaban J connectivity index is 1.41. The van der Waals surface area contributed by atoms with Crippen molar-refractivity contribution in [2.75, 3.05) is 5.75 Å². The average Bonchev–Trinajstić information content (AvgIpc) is 3.46. The molecule has 4 aromatic rings. The first-order chi connectivity index (χ1) is 18.1. The van der Waals surface area contributed by atoms with Gasteiger partial charge in [0.1, 0.15) is 27.1 Å². The summed E-state index contributed by atoms with van der Waals surface area (Å²) in [6, 6.07) is 28.2. The van der Waals surface area contributed by atoms with Gasteiger partial charge in [-0.2, -0.15) is 0 Å². The number of β-lactam (4-membered cyclic amide) rings is 1. The maximum atomic E-state index is 13.9. The molecule has 2 N–H and O–H groups in total. The lowest BCUT2D eigenvalue weighted by Gasteiger charge is -2.48. The van der Waals surface area contributed by atoms with Crippen molar-refractivity contribution in [3.63, 3.8) is 0 Å². The minimum Gasteiger partial charge on any atom is -0.448 e. The lowest BCUT2D eigenvalue weighted by molar-refractivity contribution is -0.152. The van der Waals surface area contributed by atoms with E-state index in [0.29, 0.717) is 16.3 Å². The Bertz CT molecular complexity index is 1440. The van der Waals surface area contributed by atoms with E-state index in [1.54, 1.807) is 0 Å². The normalized spacial score (nSPS) is 19.0. The number of nitrogens with zero attached hydrogens (tertiary/aromatic N) is 3. The fourth-order valence-corrected chi connectivity index (χ4v) is 6.74. The summed E-state index contributed by atoms with van der Waals surface area (Å²) in [7, 11) is 0. The van der Waals surface area contributed by atoms with Crippen LogP contribution >= 0.6 is 23.1 Å². The second kappa shape index (κ2) is 9.93. The highest BCUT2D eigenvalue weighted by molar-refractivity contribution is 8.00. The van der Waals surface area contributed by atoms with Crippen molar-refractivity contribution >= 4 is 40.5 Å². The maximum absolute atomic E-state index is 13.9. The average molecular weight is 527 g/mol. The van der Waals surface area contributed by atoms with Gasteiger partial charge in [0.2, 0.25) is 5.91 Å². The number of ether oxygens (including phenoxy) is 1. The predicted octanol–water partition coefficient (Wildman–Crippen LogP) is 4.49. The highest BCUT2D eigenvalue weighted by atomic mass is 32.2. The molecule has 0 bridgehead atoms. The summed E-state index contributed by atoms with van der Waals surface area (Å²) >= 11 is 2.90. The molecule has 7 nitrogen and oxygen atoms in total. The van der Waals surface area contributed by atoms with E-state index in [2.05, 4.69) is 10.2 Å². The van der Waals surface area contributed by atoms with E-state index in [1.807, 2.05) is 91.0 Å². The molecule has 37 heavy (non-hydrogen) atoms. The molecule has 6 rings (SSSR count). The van der Waals surface area contributed by atoms with Crippen molar-refractivity contribution in [2.24, 2.45) is 5.73 Å². The third-order valence-electron chi connectivity index (χ3n) is 6.34. The second-order valence-electron chi connectivity index (χ2n) is 8.65. The molecule has 3 aromatic carbocycles. The molecule has 2 aliphatic heterocycles. The number of nitrogens with two attached hydrogens (primary N) is 1. The maximum Gasteiger partial charge on any atom is 0.356 e. The van der Waals surface area contributed by atoms with E-state index in [9.17, 15) is 9.59 Å². The molecule has 1 saturated heterocycles. The summed E-state index contributed by atoms with van der Waals surface area (Å²) < 4.78 is 6.16. The van der Waals surface area contributed by atoms with E-state index in [0.717, 1.165) is 21.7 Å². The highest BCUT2D eigenvalue weighted by Gasteiger charge is 2.53. The van der Waals surface area contributed by atoms with Crippen LogP contribution in [0.3, 0.4) is 0 Å². The first kappa shape index (κ1) is 23.6. The quantitative estimate of drug-likeness (QED) is 0.292. The fraction of sp³-hybridized carbons (Fsp3) is 0.143. The van der Waals surface area contributed by atoms with Crippen LogP contribution in [-0.4, -0.2) is 44.1 Å². The van der Waals surface area contributed by atoms with Gasteiger partial charge in [0.15, 0.2) is 6.10 Å². The smallest absolute Gasteiger partial charge is 0.356 e. The lowest BCUT2D eigenvalue weighted by Crippen LogP contribution is -2.68. The molecule has 0 spiro atoms. The Labute approximate surface area is 222 Å². The molecular formula is C28H22N4O3S2. The first-order valence-electron chi connectivity index (χ1n) is 11.8. The zero-order chi connectivity index (χ0) is 25.4. The van der Waals surface area contributed by atoms with Gasteiger partial charge >= 0.3 is 5.97 Å². The Kier molecular flexibility index (Phi) is 6.33. The molecule has 2 atom stereocenters. The number of carbonyl (C=O) groups is 2. The van der Waals surface area contributed by atoms with Gasteiger partial charge in [-0.1, -0.05) is 102 Å². The van der Waals surface area contributed by atoms with E-state index in [4.69, 9.17) is 10.5 Å². The van der Waals surface area contributed by atoms with Gasteiger partial charge in [-0.05, 0) is 11.1 Å². The third-order valence-corrected chi connectivity index (χ3v) is 8.67. The molecule has 1 aromatic heterocycles. The molecule has 3 heterocycles. The Hall–Kier alpha value is -3.79. The predicted molar refractivity (Wildman–Crippen MR) is 144 cm³/mol. The molecule has 0 saturated carbocycles. The lowest BCUT2D eigenvalue weighted by atomic mass is 10.0. The summed E-state index contributed by atoms with van der Waals surface area (Å²) in [5.41, 5.74) is 9.51. The topological polar surface area (TPSA) is 98.4 Å². The highest BCUT2D eigenvalue weighted by Crippen LogP contribution is 2.44. The van der Waals surface area contributed by atoms with Crippen LogP contribution in [0.25, 0.3) is 16.1 Å². The largest absolute Gasteiger partial charge is 0.448 e. The zero-order valence-electron chi connectivity index (χ0n) is 19.6. The number of hydrogen-bond donors (Lipinski definition) is 1. The summed E-state index contributed by atoms with van der Waals surface area (Å²) in [5.74, 6) is -0.419. The minimum atomic E-state index is -0.650. The van der Waals surface area contributed by atoms with Crippen LogP contribution < -0.4 is 5.73 Å². The number of amides is 1. The number of aromatic nitrogens is 2. The van der Waals surface area contributed by atoms with Crippen molar-refractivity contribution in [1.82, 2.24) is 15.1 Å². The van der Waals surface area contributed by atoms with Crippen molar-refractivity contribution in [3.05, 3.63) is 113 Å². The van der Waals surface area contributed by atoms with Crippen molar-refractivity contribution in [2.45, 2.75) is 17.5 Å². The fourth-order valence-electron chi connectivity index (χ4n) is 4.46. The number of carbonyl (C=O) groups excluding carboxylic acids is 2. The molecule has 1 amide bonds. The molecule has 9 heteroatoms. The van der Waals surface area contributed by atoms with Gasteiger partial charge in [-0.15, -0.1) is 22.0 Å². The summed E-state index contributed by atoms with van der Waals surface area (Å²) in [5, 5.41) is 9.75. The number of hydrogen-bond acceptors (Lipinski definition) is 8. The minimum absolute atomic E-state index is 0.197. The van der Waals surface area contributed by atoms with E-state index < -0.39 is 18.1 Å². The summed E-state index contributed by atoms with van der Waals surface area (Å²) in [6.45, 7) is 0. The number of esters is 1. The van der Waals surface area contributed by atoms with Crippen LogP contribution in [0.1, 0.15) is 22.2 Å². The van der Waals surface area contributed by atoms with Crippen molar-refractivity contribution in [3.8, 4) is 10.6 Å². The van der Waals surface area contributed by atoms with Gasteiger partial charge in [-0.25, -0.2) is 4.79 Å². The monoisotopic (exact) mass is 526 g/mol. The Morgan fingerprint density at radius 3 is 2.08 bits per heavy atom. The van der Waals surface area contributed by atoms with E-state index in [-0.39, 0.29) is 17.0 Å². The number of benzene rings is 3. The zero-order valence-corrected chi connectivity index (χ0v) is 21.2. The van der Waals surface area contributed by atoms with Crippen LogP contribution in [0.2, 0.25) is 0 Å². The first-order valence-corrected chi connectivity index (χ1v) is 13.6. The molecular weight excluding hydrogens is 504 g/mol. The van der Waals surface area contributed by atoms with E-state index >= 15 is 0 Å². The van der Waals surface area contributed by atoms with Gasteiger partial charge in [0.05, 0.1) is 0 Å². The van der Waals surface area contributed by atoms with Crippen LogP contribution in [0.4, 0.5) is 0 Å². The number of fused-ring (bicyclic) bond motifs is 1. The third kappa shape index (κ3) is 4.35. The summed E-state index contributed by atoms with van der Waals surface area (Å²) in [6.07, 6.45) is -0.643. The van der Waals surface area contributed by atoms with Crippen LogP contribution in [-0.2, 0) is 14.3 Å². The van der Waals surface area contributed by atoms with Gasteiger partial charge < -0.3 is 10.5 Å². The standard InChI is InChI=1S/C28H22N4O3S2/c29-21-26(33)32-22(28(34)35-23(17-10-4-1-5-11-17)18-12-6-2-7-13-18)20(16-36-27(21)32)25-31-30-24(37-25)19-14-8-3-9-15-19/h1-15,21,23,27H,16,29H2/t21?,27-/m1/s1. The SMILES string of the molecule is NC1C(=O)N2C(C(=O)OC(c3ccccc3)c3ccccc3)=C(c3nnc(-c4ccccc4)s3)CS[C@H]12. The van der Waals surface area contributed by atoms with Gasteiger partial charge in [-0.3, -0.25) is 9.69 Å². The Morgan fingerprint density at radius 1 is 0.892 bits per heavy atom. The Morgan fingerprint density at radius 2 is 1.46 bits per heavy atom. The van der Waals surface area contributed by atoms with Gasteiger partial charge in [0.25, 0.3) is 0 Å². The molecule has 184 valence electrons. The number of thioether (sulfide) groups is 1. The van der Waals surface area contributed by atoms with E-state index in [1.165, 1.54) is 28.0 Å². The van der Waals surface area contributed by atoms with Crippen molar-refractivity contribution < 1.29 is 14.3 Å². The van der Waals surface area contributed by atoms with Gasteiger partial charge in [0, 0.05) is 16.9 Å². The molecule has 0 radical (unpaired) electrons.